The summed E-state index contributed by atoms with van der Waals surface area (Å²) in [5.74, 6) is -2.87. The summed E-state index contributed by atoms with van der Waals surface area (Å²) >= 11 is 2.73. The number of carboxylic acid groups (broad SMARTS) is 1. The van der Waals surface area contributed by atoms with Crippen LogP contribution in [0.25, 0.3) is 0 Å². The molecule has 0 radical (unpaired) electrons. The maximum atomic E-state index is 13.0. The normalized spacial score (nSPS) is 11.3. The van der Waals surface area contributed by atoms with E-state index in [0.29, 0.717) is 39.1 Å². The van der Waals surface area contributed by atoms with Crippen molar-refractivity contribution in [1.82, 2.24) is 16.0 Å². The molecule has 3 amide bonds. The highest BCUT2D eigenvalue weighted by atomic mass is 32.1. The van der Waals surface area contributed by atoms with Crippen LogP contribution in [0.1, 0.15) is 58.1 Å². The molecule has 10 nitrogen and oxygen atoms in total. The number of rotatable bonds is 11. The molecular formula is C30H27N3O7S2. The van der Waals surface area contributed by atoms with E-state index < -0.39 is 29.8 Å². The van der Waals surface area contributed by atoms with Crippen molar-refractivity contribution in [3.8, 4) is 5.75 Å². The monoisotopic (exact) mass is 605 g/mol. The fourth-order valence-electron chi connectivity index (χ4n) is 4.12. The van der Waals surface area contributed by atoms with E-state index in [1.54, 1.807) is 83.9 Å². The van der Waals surface area contributed by atoms with E-state index in [1.807, 2.05) is 0 Å². The molecule has 0 bridgehead atoms. The molecule has 1 atom stereocenters. The third-order valence-electron chi connectivity index (χ3n) is 6.19. The minimum atomic E-state index is -1.36. The number of hydrogen-bond donors (Lipinski definition) is 4. The zero-order valence-electron chi connectivity index (χ0n) is 22.6. The summed E-state index contributed by atoms with van der Waals surface area (Å²) in [6, 6.07) is 11.8. The molecular weight excluding hydrogens is 578 g/mol. The van der Waals surface area contributed by atoms with Crippen LogP contribution in [0.5, 0.6) is 5.75 Å². The van der Waals surface area contributed by atoms with Crippen LogP contribution in [-0.2, 0) is 11.3 Å². The van der Waals surface area contributed by atoms with E-state index in [0.717, 1.165) is 0 Å². The highest BCUT2D eigenvalue weighted by Gasteiger charge is 2.24. The van der Waals surface area contributed by atoms with Crippen LogP contribution >= 0.6 is 22.7 Å². The number of carboxylic acids is 1. The first-order valence-electron chi connectivity index (χ1n) is 12.7. The lowest BCUT2D eigenvalue weighted by atomic mass is 9.98. The van der Waals surface area contributed by atoms with Crippen LogP contribution in [0.3, 0.4) is 0 Å². The second-order valence-corrected chi connectivity index (χ2v) is 10.9. The summed E-state index contributed by atoms with van der Waals surface area (Å²) in [5.41, 5.74) is 3.09. The molecule has 0 aliphatic carbocycles. The van der Waals surface area contributed by atoms with Crippen molar-refractivity contribution in [2.45, 2.75) is 26.4 Å². The zero-order chi connectivity index (χ0) is 30.2. The molecule has 4 N–H and O–H groups in total. The highest BCUT2D eigenvalue weighted by molar-refractivity contribution is 7.08. The standard InChI is InChI=1S/C30H27N3O7S2/c1-17-10-22(27(35)31-13-19-4-3-5-23(12-19)40-30(39)21-7-9-42-16-21)11-18(2)25(17)28(36)33-24(29(37)38)14-32-26(34)20-6-8-41-15-20/h3-12,15-16,24H,13-14H2,1-2H3,(H,31,35)(H,32,34)(H,33,36)(H,37,38)/t24-/m0/s1. The number of carbonyl (C=O) groups is 5. The van der Waals surface area contributed by atoms with Crippen molar-refractivity contribution in [1.29, 1.82) is 0 Å². The summed E-state index contributed by atoms with van der Waals surface area (Å²) in [4.78, 5) is 62.1. The molecule has 0 aliphatic rings. The molecule has 2 aromatic carbocycles. The quantitative estimate of drug-likeness (QED) is 0.148. The third kappa shape index (κ3) is 7.68. The third-order valence-corrected chi connectivity index (χ3v) is 7.56. The number of ether oxygens (including phenoxy) is 1. The first kappa shape index (κ1) is 30.2. The Morgan fingerprint density at radius 2 is 1.45 bits per heavy atom. The van der Waals surface area contributed by atoms with Gasteiger partial charge >= 0.3 is 11.9 Å². The molecule has 4 aromatic rings. The highest BCUT2D eigenvalue weighted by Crippen LogP contribution is 2.19. The van der Waals surface area contributed by atoms with Crippen molar-refractivity contribution in [2.75, 3.05) is 6.54 Å². The van der Waals surface area contributed by atoms with Crippen molar-refractivity contribution >= 4 is 52.3 Å². The predicted octanol–water partition coefficient (Wildman–Crippen LogP) is 4.19. The maximum absolute atomic E-state index is 13.0. The largest absolute Gasteiger partial charge is 0.480 e. The number of hydrogen-bond acceptors (Lipinski definition) is 8. The average Bonchev–Trinajstić information content (AvgIpc) is 3.69. The second kappa shape index (κ2) is 13.7. The van der Waals surface area contributed by atoms with Crippen molar-refractivity contribution in [3.63, 3.8) is 0 Å². The van der Waals surface area contributed by atoms with E-state index in [4.69, 9.17) is 4.74 Å². The Kier molecular flexibility index (Phi) is 9.84. The van der Waals surface area contributed by atoms with Gasteiger partial charge in [-0.15, -0.1) is 0 Å². The Labute approximate surface area is 249 Å². The molecule has 0 aliphatic heterocycles. The summed E-state index contributed by atoms with van der Waals surface area (Å²) in [6.45, 7) is 3.17. The zero-order valence-corrected chi connectivity index (χ0v) is 24.3. The molecule has 42 heavy (non-hydrogen) atoms. The number of nitrogens with one attached hydrogen (secondary N) is 3. The lowest BCUT2D eigenvalue weighted by Crippen LogP contribution is -2.48. The number of aliphatic carboxylic acids is 1. The fourth-order valence-corrected chi connectivity index (χ4v) is 5.38. The van der Waals surface area contributed by atoms with Gasteiger partial charge in [-0.25, -0.2) is 9.59 Å². The molecule has 2 aromatic heterocycles. The number of amides is 3. The smallest absolute Gasteiger partial charge is 0.344 e. The van der Waals surface area contributed by atoms with Gasteiger partial charge in [-0.05, 0) is 77.7 Å². The Bertz CT molecular complexity index is 1590. The summed E-state index contributed by atoms with van der Waals surface area (Å²) < 4.78 is 5.40. The minimum Gasteiger partial charge on any atom is -0.480 e. The van der Waals surface area contributed by atoms with Crippen molar-refractivity contribution < 1.29 is 33.8 Å². The number of esters is 1. The van der Waals surface area contributed by atoms with Crippen LogP contribution in [0.15, 0.2) is 70.1 Å². The Morgan fingerprint density at radius 3 is 2.07 bits per heavy atom. The Morgan fingerprint density at radius 1 is 0.810 bits per heavy atom. The van der Waals surface area contributed by atoms with Gasteiger partial charge in [0.15, 0.2) is 0 Å². The first-order chi connectivity index (χ1) is 20.1. The molecule has 0 spiro atoms. The van der Waals surface area contributed by atoms with Crippen molar-refractivity contribution in [2.24, 2.45) is 0 Å². The molecule has 0 saturated heterocycles. The summed E-state index contributed by atoms with van der Waals surface area (Å²) in [5, 5.41) is 24.2. The molecule has 0 fully saturated rings. The van der Waals surface area contributed by atoms with Crippen LogP contribution in [0.4, 0.5) is 0 Å². The molecule has 2 heterocycles. The first-order valence-corrected chi connectivity index (χ1v) is 14.6. The number of benzene rings is 2. The van der Waals surface area contributed by atoms with Crippen LogP contribution in [-0.4, -0.2) is 47.4 Å². The Hall–Kier alpha value is -4.81. The van der Waals surface area contributed by atoms with Gasteiger partial charge < -0.3 is 25.8 Å². The van der Waals surface area contributed by atoms with Gasteiger partial charge in [0, 0.05) is 40.5 Å². The lowest BCUT2D eigenvalue weighted by molar-refractivity contribution is -0.139. The van der Waals surface area contributed by atoms with E-state index in [2.05, 4.69) is 16.0 Å². The van der Waals surface area contributed by atoms with Gasteiger partial charge in [-0.3, -0.25) is 14.4 Å². The number of thiophene rings is 2. The number of carbonyl (C=O) groups excluding carboxylic acids is 4. The van der Waals surface area contributed by atoms with Crippen LogP contribution in [0.2, 0.25) is 0 Å². The van der Waals surface area contributed by atoms with E-state index >= 15 is 0 Å². The molecule has 0 unspecified atom stereocenters. The predicted molar refractivity (Wildman–Crippen MR) is 158 cm³/mol. The van der Waals surface area contributed by atoms with Crippen molar-refractivity contribution in [3.05, 3.63) is 109 Å². The molecule has 4 rings (SSSR count). The van der Waals surface area contributed by atoms with Crippen LogP contribution < -0.4 is 20.7 Å². The molecule has 0 saturated carbocycles. The molecule has 12 heteroatoms. The van der Waals surface area contributed by atoms with Gasteiger partial charge in [0.2, 0.25) is 0 Å². The van der Waals surface area contributed by atoms with E-state index in [-0.39, 0.29) is 24.6 Å². The fraction of sp³-hybridized carbons (Fsp3) is 0.167. The van der Waals surface area contributed by atoms with Gasteiger partial charge in [0.25, 0.3) is 17.7 Å². The minimum absolute atomic E-state index is 0.167. The average molecular weight is 606 g/mol. The van der Waals surface area contributed by atoms with Gasteiger partial charge in [-0.2, -0.15) is 22.7 Å². The van der Waals surface area contributed by atoms with Gasteiger partial charge in [0.05, 0.1) is 5.56 Å². The maximum Gasteiger partial charge on any atom is 0.344 e. The van der Waals surface area contributed by atoms with Crippen LogP contribution in [0, 0.1) is 13.8 Å². The molecule has 216 valence electrons. The number of aryl methyl sites for hydroxylation is 2. The van der Waals surface area contributed by atoms with Gasteiger partial charge in [0.1, 0.15) is 11.8 Å². The van der Waals surface area contributed by atoms with E-state index in [9.17, 15) is 29.1 Å². The summed E-state index contributed by atoms with van der Waals surface area (Å²) in [6.07, 6.45) is 0. The van der Waals surface area contributed by atoms with Gasteiger partial charge in [-0.1, -0.05) is 12.1 Å². The lowest BCUT2D eigenvalue weighted by Gasteiger charge is -2.18. The SMILES string of the molecule is Cc1cc(C(=O)NCc2cccc(OC(=O)c3ccsc3)c2)cc(C)c1C(=O)N[C@@H](CNC(=O)c1ccsc1)C(=O)O. The summed E-state index contributed by atoms with van der Waals surface area (Å²) in [7, 11) is 0. The topological polar surface area (TPSA) is 151 Å². The second-order valence-electron chi connectivity index (χ2n) is 9.30. The van der Waals surface area contributed by atoms with E-state index in [1.165, 1.54) is 22.7 Å². The Balaban J connectivity index is 1.37.